The highest BCUT2D eigenvalue weighted by atomic mass is 79.9. The second kappa shape index (κ2) is 7.74. The van der Waals surface area contributed by atoms with Crippen LogP contribution in [-0.4, -0.2) is 37.6 Å². The molecule has 2 amide bonds. The van der Waals surface area contributed by atoms with Crippen molar-refractivity contribution in [3.8, 4) is 11.5 Å². The summed E-state index contributed by atoms with van der Waals surface area (Å²) in [5, 5.41) is 2.75. The van der Waals surface area contributed by atoms with Crippen molar-refractivity contribution in [1.29, 1.82) is 0 Å². The van der Waals surface area contributed by atoms with E-state index in [1.807, 2.05) is 0 Å². The maximum absolute atomic E-state index is 12.5. The van der Waals surface area contributed by atoms with Crippen LogP contribution in [0, 0.1) is 5.92 Å². The summed E-state index contributed by atoms with van der Waals surface area (Å²) in [7, 11) is 3.09. The number of rotatable bonds is 5. The Balaban J connectivity index is 1.74. The molecule has 26 heavy (non-hydrogen) atoms. The highest BCUT2D eigenvalue weighted by molar-refractivity contribution is 9.10. The maximum atomic E-state index is 12.5. The van der Waals surface area contributed by atoms with E-state index in [4.69, 9.17) is 9.47 Å². The number of halogens is 1. The minimum atomic E-state index is -0.459. The van der Waals surface area contributed by atoms with Crippen molar-refractivity contribution in [1.82, 2.24) is 4.98 Å². The standard InChI is InChI=1S/C18H18BrN3O4/c1-25-13-4-5-14(15(8-13)26-2)22-10-11(7-17(22)23)18(24)21-16-6-3-12(19)9-20-16/h3-6,8-9,11H,7,10H2,1-2H3,(H,20,21,24). The molecule has 3 rings (SSSR count). The van der Waals surface area contributed by atoms with Crippen molar-refractivity contribution < 1.29 is 19.1 Å². The van der Waals surface area contributed by atoms with Gasteiger partial charge in [-0.2, -0.15) is 0 Å². The molecule has 1 unspecified atom stereocenters. The molecular formula is C18H18BrN3O4. The van der Waals surface area contributed by atoms with Crippen LogP contribution in [0.5, 0.6) is 11.5 Å². The number of hydrogen-bond acceptors (Lipinski definition) is 5. The van der Waals surface area contributed by atoms with Gasteiger partial charge in [-0.15, -0.1) is 0 Å². The number of anilines is 2. The second-order valence-corrected chi connectivity index (χ2v) is 6.71. The van der Waals surface area contributed by atoms with E-state index in [-0.39, 0.29) is 24.8 Å². The van der Waals surface area contributed by atoms with Crippen LogP contribution in [0.1, 0.15) is 6.42 Å². The Hall–Kier alpha value is -2.61. The Morgan fingerprint density at radius 2 is 2.08 bits per heavy atom. The molecule has 1 N–H and O–H groups in total. The number of methoxy groups -OCH3 is 2. The molecule has 1 aromatic carbocycles. The van der Waals surface area contributed by atoms with Crippen molar-refractivity contribution in [2.45, 2.75) is 6.42 Å². The molecule has 8 heteroatoms. The van der Waals surface area contributed by atoms with E-state index < -0.39 is 5.92 Å². The summed E-state index contributed by atoms with van der Waals surface area (Å²) in [5.74, 6) is 0.785. The first-order chi connectivity index (χ1) is 12.5. The van der Waals surface area contributed by atoms with Gasteiger partial charge in [0.2, 0.25) is 11.8 Å². The summed E-state index contributed by atoms with van der Waals surface area (Å²) in [5.41, 5.74) is 0.621. The van der Waals surface area contributed by atoms with Crippen molar-refractivity contribution in [2.24, 2.45) is 5.92 Å². The van der Waals surface area contributed by atoms with Gasteiger partial charge in [0.15, 0.2) is 0 Å². The first kappa shape index (κ1) is 18.2. The molecule has 1 aromatic heterocycles. The smallest absolute Gasteiger partial charge is 0.230 e. The Morgan fingerprint density at radius 3 is 2.73 bits per heavy atom. The number of carbonyl (C=O) groups is 2. The van der Waals surface area contributed by atoms with Gasteiger partial charge in [-0.1, -0.05) is 0 Å². The Bertz CT molecular complexity index is 826. The van der Waals surface area contributed by atoms with Crippen LogP contribution in [0.15, 0.2) is 41.0 Å². The number of benzene rings is 1. The predicted octanol–water partition coefficient (Wildman–Crippen LogP) is 2.85. The zero-order chi connectivity index (χ0) is 18.7. The van der Waals surface area contributed by atoms with E-state index in [0.717, 1.165) is 4.47 Å². The number of carbonyl (C=O) groups excluding carboxylic acids is 2. The Kier molecular flexibility index (Phi) is 5.41. The van der Waals surface area contributed by atoms with E-state index in [1.54, 1.807) is 48.5 Å². The van der Waals surface area contributed by atoms with Gasteiger partial charge in [0, 0.05) is 29.7 Å². The quantitative estimate of drug-likeness (QED) is 0.805. The molecule has 0 aliphatic carbocycles. The topological polar surface area (TPSA) is 80.8 Å². The zero-order valence-corrected chi connectivity index (χ0v) is 15.9. The summed E-state index contributed by atoms with van der Waals surface area (Å²) in [6.07, 6.45) is 1.74. The molecular weight excluding hydrogens is 402 g/mol. The SMILES string of the molecule is COc1ccc(N2CC(C(=O)Nc3ccc(Br)cn3)CC2=O)c(OC)c1. The summed E-state index contributed by atoms with van der Waals surface area (Å²) in [4.78, 5) is 30.6. The molecule has 1 atom stereocenters. The van der Waals surface area contributed by atoms with E-state index >= 15 is 0 Å². The molecule has 2 heterocycles. The molecule has 7 nitrogen and oxygen atoms in total. The maximum Gasteiger partial charge on any atom is 0.230 e. The highest BCUT2D eigenvalue weighted by Gasteiger charge is 2.36. The molecule has 0 radical (unpaired) electrons. The van der Waals surface area contributed by atoms with Crippen LogP contribution in [0.25, 0.3) is 0 Å². The molecule has 0 bridgehead atoms. The van der Waals surface area contributed by atoms with E-state index in [0.29, 0.717) is 23.0 Å². The van der Waals surface area contributed by atoms with Crippen LogP contribution >= 0.6 is 15.9 Å². The van der Waals surface area contributed by atoms with Gasteiger partial charge in [0.1, 0.15) is 17.3 Å². The molecule has 1 fully saturated rings. The number of nitrogens with zero attached hydrogens (tertiary/aromatic N) is 2. The minimum Gasteiger partial charge on any atom is -0.497 e. The molecule has 1 aliphatic heterocycles. The number of ether oxygens (including phenoxy) is 2. The lowest BCUT2D eigenvalue weighted by Gasteiger charge is -2.20. The number of pyridine rings is 1. The molecule has 2 aromatic rings. The van der Waals surface area contributed by atoms with Crippen molar-refractivity contribution >= 4 is 39.2 Å². The number of aromatic nitrogens is 1. The van der Waals surface area contributed by atoms with Crippen molar-refractivity contribution in [3.63, 3.8) is 0 Å². The molecule has 1 saturated heterocycles. The van der Waals surface area contributed by atoms with Gasteiger partial charge < -0.3 is 19.7 Å². The fourth-order valence-corrected chi connectivity index (χ4v) is 3.04. The van der Waals surface area contributed by atoms with Crippen LogP contribution in [-0.2, 0) is 9.59 Å². The van der Waals surface area contributed by atoms with Crippen molar-refractivity contribution in [2.75, 3.05) is 31.0 Å². The first-order valence-electron chi connectivity index (χ1n) is 7.96. The molecule has 1 aliphatic rings. The summed E-state index contributed by atoms with van der Waals surface area (Å²) >= 11 is 3.30. The summed E-state index contributed by atoms with van der Waals surface area (Å²) < 4.78 is 11.4. The molecule has 0 spiro atoms. The fraction of sp³-hybridized carbons (Fsp3) is 0.278. The lowest BCUT2D eigenvalue weighted by Crippen LogP contribution is -2.28. The fourth-order valence-electron chi connectivity index (χ4n) is 2.80. The monoisotopic (exact) mass is 419 g/mol. The number of amides is 2. The van der Waals surface area contributed by atoms with E-state index in [2.05, 4.69) is 26.2 Å². The van der Waals surface area contributed by atoms with Gasteiger partial charge >= 0.3 is 0 Å². The zero-order valence-electron chi connectivity index (χ0n) is 14.4. The lowest BCUT2D eigenvalue weighted by atomic mass is 10.1. The number of hydrogen-bond donors (Lipinski definition) is 1. The van der Waals surface area contributed by atoms with Crippen molar-refractivity contribution in [3.05, 3.63) is 41.0 Å². The van der Waals surface area contributed by atoms with E-state index in [1.165, 1.54) is 7.11 Å². The average molecular weight is 420 g/mol. The largest absolute Gasteiger partial charge is 0.497 e. The van der Waals surface area contributed by atoms with Gasteiger partial charge in [-0.25, -0.2) is 4.98 Å². The third-order valence-electron chi connectivity index (χ3n) is 4.15. The highest BCUT2D eigenvalue weighted by Crippen LogP contribution is 2.36. The lowest BCUT2D eigenvalue weighted by molar-refractivity contribution is -0.122. The van der Waals surface area contributed by atoms with Gasteiger partial charge in [0.25, 0.3) is 0 Å². The second-order valence-electron chi connectivity index (χ2n) is 5.79. The average Bonchev–Trinajstić information content (AvgIpc) is 3.04. The van der Waals surface area contributed by atoms with Crippen LogP contribution in [0.4, 0.5) is 11.5 Å². The summed E-state index contributed by atoms with van der Waals surface area (Å²) in [6, 6.07) is 8.71. The van der Waals surface area contributed by atoms with Gasteiger partial charge in [-0.05, 0) is 40.2 Å². The Morgan fingerprint density at radius 1 is 1.27 bits per heavy atom. The van der Waals surface area contributed by atoms with Crippen LogP contribution in [0.2, 0.25) is 0 Å². The third-order valence-corrected chi connectivity index (χ3v) is 4.62. The van der Waals surface area contributed by atoms with Gasteiger partial charge in [-0.3, -0.25) is 9.59 Å². The minimum absolute atomic E-state index is 0.127. The third kappa shape index (κ3) is 3.80. The Labute approximate surface area is 159 Å². The van der Waals surface area contributed by atoms with Gasteiger partial charge in [0.05, 0.1) is 25.8 Å². The van der Waals surface area contributed by atoms with Crippen LogP contribution < -0.4 is 19.7 Å². The molecule has 0 saturated carbocycles. The van der Waals surface area contributed by atoms with Crippen LogP contribution in [0.3, 0.4) is 0 Å². The summed E-state index contributed by atoms with van der Waals surface area (Å²) in [6.45, 7) is 0.282. The number of nitrogens with one attached hydrogen (secondary N) is 1. The predicted molar refractivity (Wildman–Crippen MR) is 101 cm³/mol. The van der Waals surface area contributed by atoms with E-state index in [9.17, 15) is 9.59 Å². The first-order valence-corrected chi connectivity index (χ1v) is 8.76. The normalized spacial score (nSPS) is 16.5. The molecule has 136 valence electrons.